The molecule has 0 aliphatic rings. The SMILES string of the molecule is C=C/C(=C\C=C/C)N(C)C(=O)c1ccc(OC)c(OC)c1. The molecule has 1 aromatic rings. The summed E-state index contributed by atoms with van der Waals surface area (Å²) >= 11 is 0. The smallest absolute Gasteiger partial charge is 0.258 e. The second-order valence-electron chi connectivity index (χ2n) is 4.26. The highest BCUT2D eigenvalue weighted by atomic mass is 16.5. The van der Waals surface area contributed by atoms with Gasteiger partial charge in [0.25, 0.3) is 5.91 Å². The number of hydrogen-bond acceptors (Lipinski definition) is 3. The van der Waals surface area contributed by atoms with Crippen molar-refractivity contribution in [1.29, 1.82) is 0 Å². The number of rotatable bonds is 6. The second kappa shape index (κ2) is 7.94. The molecule has 0 saturated heterocycles. The first-order chi connectivity index (χ1) is 10.1. The van der Waals surface area contributed by atoms with E-state index in [0.29, 0.717) is 22.8 Å². The zero-order valence-corrected chi connectivity index (χ0v) is 12.9. The van der Waals surface area contributed by atoms with Gasteiger partial charge in [-0.05, 0) is 37.3 Å². The van der Waals surface area contributed by atoms with Gasteiger partial charge in [0.15, 0.2) is 11.5 Å². The number of ether oxygens (including phenoxy) is 2. The van der Waals surface area contributed by atoms with E-state index in [2.05, 4.69) is 6.58 Å². The number of carbonyl (C=O) groups is 1. The molecule has 4 heteroatoms. The van der Waals surface area contributed by atoms with Gasteiger partial charge in [-0.3, -0.25) is 4.79 Å². The van der Waals surface area contributed by atoms with Crippen LogP contribution in [0.25, 0.3) is 0 Å². The standard InChI is InChI=1S/C17H21NO3/c1-6-8-9-14(7-2)18(3)17(19)13-10-11-15(20-4)16(12-13)21-5/h6-12H,2H2,1,3-5H3/b8-6-,14-9+. The highest BCUT2D eigenvalue weighted by Crippen LogP contribution is 2.28. The van der Waals surface area contributed by atoms with Gasteiger partial charge in [-0.1, -0.05) is 18.7 Å². The van der Waals surface area contributed by atoms with E-state index in [1.165, 1.54) is 12.0 Å². The van der Waals surface area contributed by atoms with Crippen LogP contribution in [-0.2, 0) is 0 Å². The van der Waals surface area contributed by atoms with Crippen molar-refractivity contribution in [1.82, 2.24) is 4.90 Å². The molecule has 0 unspecified atom stereocenters. The molecule has 4 nitrogen and oxygen atoms in total. The van der Waals surface area contributed by atoms with Gasteiger partial charge in [0.2, 0.25) is 0 Å². The highest BCUT2D eigenvalue weighted by molar-refractivity contribution is 5.96. The van der Waals surface area contributed by atoms with Crippen LogP contribution in [0.4, 0.5) is 0 Å². The van der Waals surface area contributed by atoms with Crippen molar-refractivity contribution in [2.75, 3.05) is 21.3 Å². The van der Waals surface area contributed by atoms with Crippen molar-refractivity contribution >= 4 is 5.91 Å². The Morgan fingerprint density at radius 2 is 1.90 bits per heavy atom. The van der Waals surface area contributed by atoms with Crippen molar-refractivity contribution in [3.63, 3.8) is 0 Å². The largest absolute Gasteiger partial charge is 0.493 e. The maximum absolute atomic E-state index is 12.5. The van der Waals surface area contributed by atoms with E-state index >= 15 is 0 Å². The van der Waals surface area contributed by atoms with Gasteiger partial charge in [0, 0.05) is 18.3 Å². The fourth-order valence-electron chi connectivity index (χ4n) is 1.79. The van der Waals surface area contributed by atoms with Gasteiger partial charge in [-0.25, -0.2) is 0 Å². The zero-order chi connectivity index (χ0) is 15.8. The Morgan fingerprint density at radius 1 is 1.24 bits per heavy atom. The van der Waals surface area contributed by atoms with E-state index in [1.807, 2.05) is 25.2 Å². The van der Waals surface area contributed by atoms with Crippen molar-refractivity contribution in [3.05, 3.63) is 60.3 Å². The maximum atomic E-state index is 12.5. The summed E-state index contributed by atoms with van der Waals surface area (Å²) in [5, 5.41) is 0. The number of amides is 1. The lowest BCUT2D eigenvalue weighted by atomic mass is 10.1. The molecule has 0 atom stereocenters. The average Bonchev–Trinajstić information content (AvgIpc) is 2.53. The van der Waals surface area contributed by atoms with Crippen molar-refractivity contribution in [2.45, 2.75) is 6.92 Å². The summed E-state index contributed by atoms with van der Waals surface area (Å²) in [5.41, 5.74) is 1.23. The molecule has 0 aliphatic heterocycles. The van der Waals surface area contributed by atoms with Crippen LogP contribution in [0, 0.1) is 0 Å². The quantitative estimate of drug-likeness (QED) is 0.752. The number of nitrogens with zero attached hydrogens (tertiary/aromatic N) is 1. The third kappa shape index (κ3) is 3.99. The Hall–Kier alpha value is -2.49. The number of carbonyl (C=O) groups excluding carboxylic acids is 1. The molecule has 1 rings (SSSR count). The summed E-state index contributed by atoms with van der Waals surface area (Å²) in [6, 6.07) is 5.08. The molecule has 0 radical (unpaired) electrons. The predicted molar refractivity (Wildman–Crippen MR) is 84.7 cm³/mol. The molecule has 0 heterocycles. The van der Waals surface area contributed by atoms with Crippen LogP contribution in [0.1, 0.15) is 17.3 Å². The van der Waals surface area contributed by atoms with Crippen molar-refractivity contribution in [3.8, 4) is 11.5 Å². The first kappa shape index (κ1) is 16.6. The average molecular weight is 287 g/mol. The minimum absolute atomic E-state index is 0.147. The van der Waals surface area contributed by atoms with E-state index in [-0.39, 0.29) is 5.91 Å². The Kier molecular flexibility index (Phi) is 6.27. The summed E-state index contributed by atoms with van der Waals surface area (Å²) in [6.45, 7) is 5.64. The lowest BCUT2D eigenvalue weighted by molar-refractivity contribution is 0.0840. The second-order valence-corrected chi connectivity index (χ2v) is 4.26. The Balaban J connectivity index is 3.10. The lowest BCUT2D eigenvalue weighted by Crippen LogP contribution is -2.25. The van der Waals surface area contributed by atoms with E-state index in [1.54, 1.807) is 38.4 Å². The summed E-state index contributed by atoms with van der Waals surface area (Å²) in [4.78, 5) is 14.0. The van der Waals surface area contributed by atoms with Gasteiger partial charge in [0.1, 0.15) is 0 Å². The monoisotopic (exact) mass is 287 g/mol. The summed E-state index contributed by atoms with van der Waals surface area (Å²) in [6.07, 6.45) is 7.21. The topological polar surface area (TPSA) is 38.8 Å². The van der Waals surface area contributed by atoms with E-state index < -0.39 is 0 Å². The lowest BCUT2D eigenvalue weighted by Gasteiger charge is -2.19. The molecule has 0 bridgehead atoms. The van der Waals surface area contributed by atoms with Crippen LogP contribution in [-0.4, -0.2) is 32.1 Å². The van der Waals surface area contributed by atoms with Crippen LogP contribution < -0.4 is 9.47 Å². The van der Waals surface area contributed by atoms with Crippen molar-refractivity contribution < 1.29 is 14.3 Å². The minimum Gasteiger partial charge on any atom is -0.493 e. The van der Waals surface area contributed by atoms with Crippen LogP contribution in [0.5, 0.6) is 11.5 Å². The van der Waals surface area contributed by atoms with Gasteiger partial charge in [0.05, 0.1) is 14.2 Å². The molecule has 21 heavy (non-hydrogen) atoms. The first-order valence-electron chi connectivity index (χ1n) is 6.54. The third-order valence-corrected chi connectivity index (χ3v) is 2.99. The Labute approximate surface area is 126 Å². The third-order valence-electron chi connectivity index (χ3n) is 2.99. The summed E-state index contributed by atoms with van der Waals surface area (Å²) in [5.74, 6) is 0.964. The fraction of sp³-hybridized carbons (Fsp3) is 0.235. The zero-order valence-electron chi connectivity index (χ0n) is 12.9. The molecule has 0 fully saturated rings. The molecule has 1 aromatic carbocycles. The Bertz CT molecular complexity index is 573. The van der Waals surface area contributed by atoms with Crippen LogP contribution in [0.3, 0.4) is 0 Å². The maximum Gasteiger partial charge on any atom is 0.258 e. The van der Waals surface area contributed by atoms with Crippen LogP contribution in [0.2, 0.25) is 0 Å². The number of benzene rings is 1. The van der Waals surface area contributed by atoms with Gasteiger partial charge >= 0.3 is 0 Å². The number of methoxy groups -OCH3 is 2. The van der Waals surface area contributed by atoms with Crippen LogP contribution in [0.15, 0.2) is 54.8 Å². The highest BCUT2D eigenvalue weighted by Gasteiger charge is 2.16. The number of likely N-dealkylation sites (N-methyl/N-ethyl adjacent to an activating group) is 1. The molecule has 0 aromatic heterocycles. The van der Waals surface area contributed by atoms with E-state index in [9.17, 15) is 4.79 Å². The van der Waals surface area contributed by atoms with E-state index in [0.717, 1.165) is 0 Å². The molecular weight excluding hydrogens is 266 g/mol. The minimum atomic E-state index is -0.147. The van der Waals surface area contributed by atoms with Gasteiger partial charge in [-0.2, -0.15) is 0 Å². The summed E-state index contributed by atoms with van der Waals surface area (Å²) < 4.78 is 10.4. The fourth-order valence-corrected chi connectivity index (χ4v) is 1.79. The molecule has 0 spiro atoms. The molecule has 0 N–H and O–H groups in total. The van der Waals surface area contributed by atoms with E-state index in [4.69, 9.17) is 9.47 Å². The van der Waals surface area contributed by atoms with Crippen molar-refractivity contribution in [2.24, 2.45) is 0 Å². The van der Waals surface area contributed by atoms with Gasteiger partial charge < -0.3 is 14.4 Å². The molecule has 0 aliphatic carbocycles. The molecule has 1 amide bonds. The number of hydrogen-bond donors (Lipinski definition) is 0. The Morgan fingerprint density at radius 3 is 2.43 bits per heavy atom. The summed E-state index contributed by atoms with van der Waals surface area (Å²) in [7, 11) is 4.80. The van der Waals surface area contributed by atoms with Gasteiger partial charge in [-0.15, -0.1) is 0 Å². The molecule has 0 saturated carbocycles. The van der Waals surface area contributed by atoms with Crippen LogP contribution >= 0.6 is 0 Å². The molecular formula is C17H21NO3. The normalized spacial score (nSPS) is 11.3. The number of allylic oxidation sites excluding steroid dienone is 4. The molecule has 112 valence electrons. The first-order valence-corrected chi connectivity index (χ1v) is 6.54. The predicted octanol–water partition coefficient (Wildman–Crippen LogP) is 3.42.